The highest BCUT2D eigenvalue weighted by Gasteiger charge is 2.11. The van der Waals surface area contributed by atoms with Crippen LogP contribution in [-0.2, 0) is 20.1 Å². The molecule has 2 N–H and O–H groups in total. The lowest BCUT2D eigenvalue weighted by molar-refractivity contribution is 0.627. The number of thiophene rings is 1. The molecule has 0 spiro atoms. The van der Waals surface area contributed by atoms with Crippen molar-refractivity contribution >= 4 is 28.9 Å². The number of hydrogen-bond donors (Lipinski definition) is 2. The molecule has 2 aromatic heterocycles. The molecule has 0 bridgehead atoms. The third kappa shape index (κ3) is 6.05. The second-order valence-electron chi connectivity index (χ2n) is 6.86. The number of benzene rings is 1. The van der Waals surface area contributed by atoms with E-state index in [1.807, 2.05) is 30.7 Å². The fourth-order valence-electron chi connectivity index (χ4n) is 2.95. The van der Waals surface area contributed by atoms with Crippen molar-refractivity contribution in [3.63, 3.8) is 0 Å². The number of halogens is 1. The van der Waals surface area contributed by atoms with E-state index in [2.05, 4.69) is 57.4 Å². The van der Waals surface area contributed by atoms with Gasteiger partial charge in [-0.15, -0.1) is 21.5 Å². The standard InChI is InChI=1S/C21H27ClN6S/c1-4-16(17-7-9-18(22)10-8-17)12-23-21(24-13-19-6-5-11-29-19)25-14-20-27-26-15(2)28(20)3/h5-11,16H,4,12-14H2,1-3H3,(H2,23,24,25). The zero-order chi connectivity index (χ0) is 20.6. The Morgan fingerprint density at radius 1 is 1.21 bits per heavy atom. The van der Waals surface area contributed by atoms with E-state index in [1.54, 1.807) is 11.3 Å². The summed E-state index contributed by atoms with van der Waals surface area (Å²) < 4.78 is 1.96. The molecular weight excluding hydrogens is 404 g/mol. The Hall–Kier alpha value is -2.38. The third-order valence-corrected chi connectivity index (χ3v) is 6.05. The molecular formula is C21H27ClN6S. The minimum Gasteiger partial charge on any atom is -0.356 e. The first-order valence-electron chi connectivity index (χ1n) is 9.71. The molecule has 1 aromatic carbocycles. The van der Waals surface area contributed by atoms with Crippen molar-refractivity contribution in [1.29, 1.82) is 0 Å². The first-order chi connectivity index (χ1) is 14.1. The fourth-order valence-corrected chi connectivity index (χ4v) is 3.72. The van der Waals surface area contributed by atoms with E-state index in [0.29, 0.717) is 12.5 Å². The number of nitrogens with one attached hydrogen (secondary N) is 2. The second kappa shape index (κ2) is 10.4. The van der Waals surface area contributed by atoms with E-state index < -0.39 is 0 Å². The smallest absolute Gasteiger partial charge is 0.192 e. The zero-order valence-electron chi connectivity index (χ0n) is 17.0. The predicted octanol–water partition coefficient (Wildman–Crippen LogP) is 4.27. The highest BCUT2D eigenvalue weighted by atomic mass is 35.5. The van der Waals surface area contributed by atoms with Gasteiger partial charge in [-0.25, -0.2) is 4.99 Å². The van der Waals surface area contributed by atoms with Crippen LogP contribution < -0.4 is 10.6 Å². The van der Waals surface area contributed by atoms with Gasteiger partial charge in [-0.2, -0.15) is 0 Å². The van der Waals surface area contributed by atoms with Crippen molar-refractivity contribution in [3.8, 4) is 0 Å². The van der Waals surface area contributed by atoms with Crippen LogP contribution in [0.15, 0.2) is 46.8 Å². The fraction of sp³-hybridized carbons (Fsp3) is 0.381. The SMILES string of the molecule is CCC(CNC(=NCc1nnc(C)n1C)NCc1cccs1)c1ccc(Cl)cc1. The van der Waals surface area contributed by atoms with Crippen LogP contribution in [0.4, 0.5) is 0 Å². The number of aliphatic imine (C=N–C) groups is 1. The van der Waals surface area contributed by atoms with Crippen LogP contribution in [0.25, 0.3) is 0 Å². The summed E-state index contributed by atoms with van der Waals surface area (Å²) in [5, 5.41) is 18.1. The summed E-state index contributed by atoms with van der Waals surface area (Å²) in [7, 11) is 1.96. The lowest BCUT2D eigenvalue weighted by Gasteiger charge is -2.19. The molecule has 8 heteroatoms. The van der Waals surface area contributed by atoms with Gasteiger partial charge in [0.2, 0.25) is 0 Å². The molecule has 0 amide bonds. The summed E-state index contributed by atoms with van der Waals surface area (Å²) in [6.07, 6.45) is 1.02. The third-order valence-electron chi connectivity index (χ3n) is 4.92. The molecule has 3 rings (SSSR count). The van der Waals surface area contributed by atoms with Gasteiger partial charge in [0.25, 0.3) is 0 Å². The minimum absolute atomic E-state index is 0.373. The first-order valence-corrected chi connectivity index (χ1v) is 11.0. The molecule has 2 heterocycles. The number of aromatic nitrogens is 3. The van der Waals surface area contributed by atoms with Crippen molar-refractivity contribution in [1.82, 2.24) is 25.4 Å². The van der Waals surface area contributed by atoms with Crippen molar-refractivity contribution < 1.29 is 0 Å². The summed E-state index contributed by atoms with van der Waals surface area (Å²) in [5.74, 6) is 2.86. The Morgan fingerprint density at radius 2 is 2.00 bits per heavy atom. The van der Waals surface area contributed by atoms with Gasteiger partial charge in [-0.3, -0.25) is 0 Å². The molecule has 1 atom stereocenters. The summed E-state index contributed by atoms with van der Waals surface area (Å²) >= 11 is 7.76. The van der Waals surface area contributed by atoms with Crippen LogP contribution >= 0.6 is 22.9 Å². The quantitative estimate of drug-likeness (QED) is 0.413. The Labute approximate surface area is 181 Å². The summed E-state index contributed by atoms with van der Waals surface area (Å²) in [6, 6.07) is 12.2. The van der Waals surface area contributed by atoms with Gasteiger partial charge in [-0.05, 0) is 42.5 Å². The average Bonchev–Trinajstić information content (AvgIpc) is 3.36. The molecule has 0 radical (unpaired) electrons. The maximum atomic E-state index is 6.03. The van der Waals surface area contributed by atoms with Crippen molar-refractivity contribution in [2.75, 3.05) is 6.54 Å². The van der Waals surface area contributed by atoms with Crippen LogP contribution in [0, 0.1) is 6.92 Å². The summed E-state index contributed by atoms with van der Waals surface area (Å²) in [4.78, 5) is 6.00. The van der Waals surface area contributed by atoms with E-state index in [-0.39, 0.29) is 0 Å². The van der Waals surface area contributed by atoms with E-state index in [0.717, 1.165) is 42.1 Å². The molecule has 6 nitrogen and oxygen atoms in total. The van der Waals surface area contributed by atoms with Gasteiger partial charge in [0.1, 0.15) is 12.4 Å². The van der Waals surface area contributed by atoms with E-state index >= 15 is 0 Å². The number of rotatable bonds is 8. The van der Waals surface area contributed by atoms with Crippen molar-refractivity contribution in [2.24, 2.45) is 12.0 Å². The van der Waals surface area contributed by atoms with E-state index in [9.17, 15) is 0 Å². The minimum atomic E-state index is 0.373. The molecule has 1 unspecified atom stereocenters. The van der Waals surface area contributed by atoms with Gasteiger partial charge in [0.05, 0.1) is 6.54 Å². The first kappa shape index (κ1) is 21.3. The molecule has 3 aromatic rings. The van der Waals surface area contributed by atoms with Crippen molar-refractivity contribution in [3.05, 3.63) is 68.9 Å². The number of aryl methyl sites for hydroxylation is 1. The number of nitrogens with zero attached hydrogens (tertiary/aromatic N) is 4. The van der Waals surface area contributed by atoms with Crippen LogP contribution in [0.1, 0.15) is 41.4 Å². The van der Waals surface area contributed by atoms with Gasteiger partial charge >= 0.3 is 0 Å². The Morgan fingerprint density at radius 3 is 2.62 bits per heavy atom. The van der Waals surface area contributed by atoms with Crippen LogP contribution in [-0.4, -0.2) is 27.3 Å². The molecule has 29 heavy (non-hydrogen) atoms. The molecule has 0 aliphatic carbocycles. The average molecular weight is 431 g/mol. The molecule has 0 fully saturated rings. The molecule has 0 saturated heterocycles. The van der Waals surface area contributed by atoms with Gasteiger partial charge < -0.3 is 15.2 Å². The van der Waals surface area contributed by atoms with Crippen LogP contribution in [0.3, 0.4) is 0 Å². The second-order valence-corrected chi connectivity index (χ2v) is 8.33. The maximum absolute atomic E-state index is 6.03. The monoisotopic (exact) mass is 430 g/mol. The normalized spacial score (nSPS) is 12.8. The summed E-state index contributed by atoms with van der Waals surface area (Å²) in [5.41, 5.74) is 1.27. The van der Waals surface area contributed by atoms with Gasteiger partial charge in [-0.1, -0.05) is 36.7 Å². The maximum Gasteiger partial charge on any atom is 0.192 e. The van der Waals surface area contributed by atoms with Gasteiger partial charge in [0, 0.05) is 29.4 Å². The summed E-state index contributed by atoms with van der Waals surface area (Å²) in [6.45, 7) is 6.12. The van der Waals surface area contributed by atoms with E-state index in [4.69, 9.17) is 16.6 Å². The molecule has 154 valence electrons. The Balaban J connectivity index is 1.68. The van der Waals surface area contributed by atoms with Crippen LogP contribution in [0.2, 0.25) is 5.02 Å². The number of hydrogen-bond acceptors (Lipinski definition) is 4. The number of guanidine groups is 1. The van der Waals surface area contributed by atoms with Crippen molar-refractivity contribution in [2.45, 2.75) is 39.3 Å². The largest absolute Gasteiger partial charge is 0.356 e. The highest BCUT2D eigenvalue weighted by Crippen LogP contribution is 2.20. The molecule has 0 aliphatic rings. The zero-order valence-corrected chi connectivity index (χ0v) is 18.6. The molecule has 0 aliphatic heterocycles. The highest BCUT2D eigenvalue weighted by molar-refractivity contribution is 7.09. The topological polar surface area (TPSA) is 67.1 Å². The predicted molar refractivity (Wildman–Crippen MR) is 121 cm³/mol. The lowest BCUT2D eigenvalue weighted by Crippen LogP contribution is -2.39. The van der Waals surface area contributed by atoms with Gasteiger partial charge in [0.15, 0.2) is 11.8 Å². The Bertz CT molecular complexity index is 917. The van der Waals surface area contributed by atoms with E-state index in [1.165, 1.54) is 10.4 Å². The Kier molecular flexibility index (Phi) is 7.66. The lowest BCUT2D eigenvalue weighted by atomic mass is 9.96. The van der Waals surface area contributed by atoms with Crippen LogP contribution in [0.5, 0.6) is 0 Å². The molecule has 0 saturated carbocycles.